The van der Waals surface area contributed by atoms with E-state index in [1.54, 1.807) is 24.7 Å². The van der Waals surface area contributed by atoms with Crippen LogP contribution in [0.3, 0.4) is 0 Å². The van der Waals surface area contributed by atoms with Crippen LogP contribution in [0.15, 0.2) is 117 Å². The van der Waals surface area contributed by atoms with Gasteiger partial charge < -0.3 is 14.2 Å². The summed E-state index contributed by atoms with van der Waals surface area (Å²) in [6, 6.07) is 30.3. The van der Waals surface area contributed by atoms with E-state index >= 15 is 0 Å². The van der Waals surface area contributed by atoms with Gasteiger partial charge in [0.25, 0.3) is 5.56 Å². The summed E-state index contributed by atoms with van der Waals surface area (Å²) in [6.45, 7) is 6.53. The van der Waals surface area contributed by atoms with E-state index in [9.17, 15) is 9.59 Å². The molecule has 9 heteroatoms. The van der Waals surface area contributed by atoms with Crippen LogP contribution in [0.25, 0.3) is 11.8 Å². The number of rotatable bonds is 10. The molecule has 0 saturated heterocycles. The largest absolute Gasteiger partial charge is 0.493 e. The van der Waals surface area contributed by atoms with Crippen LogP contribution in [0, 0.1) is 0 Å². The standard InChI is InChI=1S/C39H35BrN2O5S/c1-5-46-38(44)33-34(27-10-7-6-8-11-27)41-39-42(35(33)28-18-16-26(17-19-28)24(2)3)37(43)32(48-39)22-29-12-9-13-31(45-4)36(29)47-23-25-14-20-30(40)21-15-25/h6-22,24,35H,5,23H2,1-4H3/b32-22-/t35-/m0/s1. The van der Waals surface area contributed by atoms with Crippen LogP contribution in [0.5, 0.6) is 11.5 Å². The third-order valence-electron chi connectivity index (χ3n) is 8.10. The van der Waals surface area contributed by atoms with Crippen LogP contribution in [0.1, 0.15) is 60.5 Å². The van der Waals surface area contributed by atoms with E-state index < -0.39 is 12.0 Å². The van der Waals surface area contributed by atoms with Crippen molar-refractivity contribution in [2.45, 2.75) is 39.3 Å². The Bertz CT molecular complexity index is 2150. The maximum atomic E-state index is 14.5. The Labute approximate surface area is 291 Å². The average Bonchev–Trinajstić information content (AvgIpc) is 3.41. The number of ether oxygens (including phenoxy) is 3. The van der Waals surface area contributed by atoms with Gasteiger partial charge in [-0.1, -0.05) is 120 Å². The number of carbonyl (C=O) groups excluding carboxylic acids is 1. The highest BCUT2D eigenvalue weighted by molar-refractivity contribution is 9.10. The molecule has 1 aliphatic heterocycles. The van der Waals surface area contributed by atoms with E-state index in [-0.39, 0.29) is 12.2 Å². The molecule has 0 aliphatic carbocycles. The van der Waals surface area contributed by atoms with Crippen LogP contribution in [0.2, 0.25) is 0 Å². The highest BCUT2D eigenvalue weighted by Crippen LogP contribution is 2.36. The SMILES string of the molecule is CCOC(=O)C1=C(c2ccccc2)N=c2s/c(=C\c3cccc(OC)c3OCc3ccc(Br)cc3)c(=O)n2[C@H]1c1ccc(C(C)C)cc1. The molecule has 244 valence electrons. The molecule has 0 radical (unpaired) electrons. The molecule has 7 nitrogen and oxygen atoms in total. The summed E-state index contributed by atoms with van der Waals surface area (Å²) in [6.07, 6.45) is 1.80. The Kier molecular flexibility index (Phi) is 10.1. The lowest BCUT2D eigenvalue weighted by molar-refractivity contribution is -0.138. The molecule has 1 aliphatic rings. The van der Waals surface area contributed by atoms with Gasteiger partial charge in [0, 0.05) is 15.6 Å². The lowest BCUT2D eigenvalue weighted by Crippen LogP contribution is -2.40. The van der Waals surface area contributed by atoms with Gasteiger partial charge in [-0.05, 0) is 53.8 Å². The first kappa shape index (κ1) is 33.2. The second kappa shape index (κ2) is 14.6. The molecule has 1 atom stereocenters. The number of fused-ring (bicyclic) bond motifs is 1. The van der Waals surface area contributed by atoms with Gasteiger partial charge in [0.15, 0.2) is 16.3 Å². The minimum Gasteiger partial charge on any atom is -0.493 e. The van der Waals surface area contributed by atoms with Gasteiger partial charge in [-0.25, -0.2) is 9.79 Å². The van der Waals surface area contributed by atoms with Crippen molar-refractivity contribution in [3.63, 3.8) is 0 Å². The number of halogens is 1. The summed E-state index contributed by atoms with van der Waals surface area (Å²) in [5, 5.41) is 0. The fourth-order valence-electron chi connectivity index (χ4n) is 5.66. The summed E-state index contributed by atoms with van der Waals surface area (Å²) in [7, 11) is 1.59. The molecule has 4 aromatic carbocycles. The van der Waals surface area contributed by atoms with E-state index in [0.717, 1.165) is 26.7 Å². The summed E-state index contributed by atoms with van der Waals surface area (Å²) in [4.78, 5) is 33.7. The number of benzene rings is 4. The lowest BCUT2D eigenvalue weighted by atomic mass is 9.91. The van der Waals surface area contributed by atoms with Gasteiger partial charge in [0.1, 0.15) is 6.61 Å². The normalized spacial score (nSPS) is 14.5. The van der Waals surface area contributed by atoms with Crippen molar-refractivity contribution in [2.75, 3.05) is 13.7 Å². The van der Waals surface area contributed by atoms with Crippen molar-refractivity contribution in [3.8, 4) is 11.5 Å². The molecule has 48 heavy (non-hydrogen) atoms. The number of methoxy groups -OCH3 is 1. The maximum absolute atomic E-state index is 14.5. The first-order valence-corrected chi connectivity index (χ1v) is 17.3. The van der Waals surface area contributed by atoms with Crippen molar-refractivity contribution in [1.82, 2.24) is 4.57 Å². The Hall–Kier alpha value is -4.73. The number of nitrogens with zero attached hydrogens (tertiary/aromatic N) is 2. The van der Waals surface area contributed by atoms with Gasteiger partial charge in [-0.15, -0.1) is 0 Å². The van der Waals surface area contributed by atoms with Crippen molar-refractivity contribution in [2.24, 2.45) is 4.99 Å². The minimum atomic E-state index is -0.752. The molecule has 0 bridgehead atoms. The molecule has 0 saturated carbocycles. The molecule has 2 heterocycles. The van der Waals surface area contributed by atoms with E-state index in [1.807, 2.05) is 97.1 Å². The number of hydrogen-bond acceptors (Lipinski definition) is 7. The summed E-state index contributed by atoms with van der Waals surface area (Å²) < 4.78 is 20.6. The Morgan fingerprint density at radius 3 is 2.38 bits per heavy atom. The minimum absolute atomic E-state index is 0.187. The molecular weight excluding hydrogens is 688 g/mol. The van der Waals surface area contributed by atoms with E-state index in [2.05, 4.69) is 29.8 Å². The summed E-state index contributed by atoms with van der Waals surface area (Å²) in [5.41, 5.74) is 4.91. The predicted molar refractivity (Wildman–Crippen MR) is 193 cm³/mol. The molecule has 0 unspecified atom stereocenters. The number of hydrogen-bond donors (Lipinski definition) is 0. The van der Waals surface area contributed by atoms with Crippen molar-refractivity contribution in [1.29, 1.82) is 0 Å². The van der Waals surface area contributed by atoms with E-state index in [4.69, 9.17) is 19.2 Å². The highest BCUT2D eigenvalue weighted by atomic mass is 79.9. The summed E-state index contributed by atoms with van der Waals surface area (Å²) in [5.74, 6) is 0.882. The van der Waals surface area contributed by atoms with E-state index in [0.29, 0.717) is 50.2 Å². The van der Waals surface area contributed by atoms with Crippen LogP contribution < -0.4 is 24.4 Å². The Morgan fingerprint density at radius 2 is 1.71 bits per heavy atom. The number of aromatic nitrogens is 1. The predicted octanol–water partition coefficient (Wildman–Crippen LogP) is 7.41. The van der Waals surface area contributed by atoms with Crippen LogP contribution in [-0.4, -0.2) is 24.3 Å². The van der Waals surface area contributed by atoms with Crippen LogP contribution in [0.4, 0.5) is 0 Å². The maximum Gasteiger partial charge on any atom is 0.338 e. The molecular formula is C39H35BrN2O5S. The first-order chi connectivity index (χ1) is 23.3. The van der Waals surface area contributed by atoms with Crippen LogP contribution >= 0.6 is 27.3 Å². The zero-order chi connectivity index (χ0) is 33.8. The lowest BCUT2D eigenvalue weighted by Gasteiger charge is -2.26. The topological polar surface area (TPSA) is 79.1 Å². The highest BCUT2D eigenvalue weighted by Gasteiger charge is 2.35. The van der Waals surface area contributed by atoms with Gasteiger partial charge in [-0.3, -0.25) is 9.36 Å². The number of carbonyl (C=O) groups is 1. The van der Waals surface area contributed by atoms with Crippen molar-refractivity contribution < 1.29 is 19.0 Å². The van der Waals surface area contributed by atoms with E-state index in [1.165, 1.54) is 11.3 Å². The molecule has 6 rings (SSSR count). The first-order valence-electron chi connectivity index (χ1n) is 15.7. The number of thiazole rings is 1. The zero-order valence-electron chi connectivity index (χ0n) is 27.1. The third-order valence-corrected chi connectivity index (χ3v) is 9.62. The molecule has 5 aromatic rings. The Balaban J connectivity index is 1.55. The van der Waals surface area contributed by atoms with Crippen molar-refractivity contribution in [3.05, 3.63) is 155 Å². The van der Waals surface area contributed by atoms with Gasteiger partial charge in [0.05, 0.1) is 35.6 Å². The number of esters is 1. The smallest absolute Gasteiger partial charge is 0.338 e. The second-order valence-corrected chi connectivity index (χ2v) is 13.5. The van der Waals surface area contributed by atoms with Gasteiger partial charge in [0.2, 0.25) is 0 Å². The van der Waals surface area contributed by atoms with Gasteiger partial charge >= 0.3 is 5.97 Å². The molecule has 1 aromatic heterocycles. The summed E-state index contributed by atoms with van der Waals surface area (Å²) >= 11 is 4.74. The fraction of sp³-hybridized carbons (Fsp3) is 0.205. The average molecular weight is 724 g/mol. The number of para-hydroxylation sites is 1. The quantitative estimate of drug-likeness (QED) is 0.140. The molecule has 0 N–H and O–H groups in total. The van der Waals surface area contributed by atoms with Crippen LogP contribution in [-0.2, 0) is 16.1 Å². The van der Waals surface area contributed by atoms with Crippen molar-refractivity contribution >= 4 is 45.0 Å². The Morgan fingerprint density at radius 1 is 0.979 bits per heavy atom. The zero-order valence-corrected chi connectivity index (χ0v) is 29.5. The second-order valence-electron chi connectivity index (χ2n) is 11.5. The molecule has 0 amide bonds. The fourth-order valence-corrected chi connectivity index (χ4v) is 6.91. The van der Waals surface area contributed by atoms with Gasteiger partial charge in [-0.2, -0.15) is 0 Å². The monoisotopic (exact) mass is 722 g/mol. The molecule has 0 spiro atoms. The third kappa shape index (κ3) is 6.79. The molecule has 0 fully saturated rings.